The molecule has 160 valence electrons. The van der Waals surface area contributed by atoms with Crippen LogP contribution in [0.5, 0.6) is 11.5 Å². The highest BCUT2D eigenvalue weighted by atomic mass is 32.2. The molecule has 3 aromatic carbocycles. The number of benzene rings is 3. The fraction of sp³-hybridized carbons (Fsp3) is 0.174. The van der Waals surface area contributed by atoms with Gasteiger partial charge in [0.15, 0.2) is 0 Å². The van der Waals surface area contributed by atoms with Crippen LogP contribution in [0.25, 0.3) is 11.1 Å². The van der Waals surface area contributed by atoms with Crippen LogP contribution in [-0.2, 0) is 9.47 Å². The van der Waals surface area contributed by atoms with E-state index in [-0.39, 0.29) is 23.2 Å². The lowest BCUT2D eigenvalue weighted by Gasteiger charge is -2.12. The molecule has 0 bridgehead atoms. The van der Waals surface area contributed by atoms with Gasteiger partial charge in [-0.3, -0.25) is 0 Å². The van der Waals surface area contributed by atoms with Crippen molar-refractivity contribution in [2.45, 2.75) is 17.4 Å². The van der Waals surface area contributed by atoms with Gasteiger partial charge in [-0.15, -0.1) is 0 Å². The number of hydrogen-bond donors (Lipinski definition) is 3. The average Bonchev–Trinajstić information content (AvgIpc) is 3.27. The number of phenolic OH excluding ortho intramolecular Hbond substituents is 2. The standard InChI is InChI=1S/C23H20FNO5S/c24-15-4-7-21(26)20(11-15)14-2-1-3-18(10-14)31-25-16-5-6-19(22(27)12-16)23(28)30-17-8-9-29-13-17/h1-7,10-12,17,25-27H,8-9,13H2. The van der Waals surface area contributed by atoms with E-state index in [2.05, 4.69) is 4.72 Å². The molecule has 0 amide bonds. The Balaban J connectivity index is 1.43. The van der Waals surface area contributed by atoms with E-state index in [1.165, 1.54) is 42.3 Å². The van der Waals surface area contributed by atoms with Gasteiger partial charge in [0, 0.05) is 28.6 Å². The minimum atomic E-state index is -0.588. The van der Waals surface area contributed by atoms with Gasteiger partial charge in [-0.05, 0) is 60.0 Å². The second-order valence-corrected chi connectivity index (χ2v) is 7.90. The lowest BCUT2D eigenvalue weighted by Crippen LogP contribution is -2.18. The summed E-state index contributed by atoms with van der Waals surface area (Å²) in [6.45, 7) is 0.930. The van der Waals surface area contributed by atoms with E-state index in [9.17, 15) is 19.4 Å². The Morgan fingerprint density at radius 2 is 1.97 bits per heavy atom. The van der Waals surface area contributed by atoms with E-state index in [1.807, 2.05) is 6.07 Å². The number of carbonyl (C=O) groups is 1. The first-order chi connectivity index (χ1) is 15.0. The van der Waals surface area contributed by atoms with Crippen molar-refractivity contribution in [3.05, 3.63) is 72.0 Å². The molecule has 1 aliphatic heterocycles. The predicted octanol–water partition coefficient (Wildman–Crippen LogP) is 4.97. The normalized spacial score (nSPS) is 15.6. The first-order valence-corrected chi connectivity index (χ1v) is 10.4. The molecule has 8 heteroatoms. The molecule has 0 aromatic heterocycles. The minimum absolute atomic E-state index is 0.00641. The number of hydrogen-bond acceptors (Lipinski definition) is 7. The van der Waals surface area contributed by atoms with Crippen LogP contribution < -0.4 is 4.72 Å². The Morgan fingerprint density at radius 1 is 1.10 bits per heavy atom. The smallest absolute Gasteiger partial charge is 0.342 e. The van der Waals surface area contributed by atoms with Crippen molar-refractivity contribution in [2.75, 3.05) is 17.9 Å². The Morgan fingerprint density at radius 3 is 2.74 bits per heavy atom. The largest absolute Gasteiger partial charge is 0.507 e. The maximum atomic E-state index is 13.6. The number of esters is 1. The molecule has 3 N–H and O–H groups in total. The van der Waals surface area contributed by atoms with Crippen LogP contribution in [0.3, 0.4) is 0 Å². The highest BCUT2D eigenvalue weighted by Gasteiger charge is 2.22. The number of aromatic hydroxyl groups is 2. The van der Waals surface area contributed by atoms with Gasteiger partial charge in [0.25, 0.3) is 0 Å². The molecule has 0 radical (unpaired) electrons. The van der Waals surface area contributed by atoms with E-state index in [0.717, 1.165) is 4.90 Å². The summed E-state index contributed by atoms with van der Waals surface area (Å²) in [5.41, 5.74) is 1.74. The SMILES string of the molecule is O=C(OC1CCOC1)c1ccc(NSc2cccc(-c3cc(F)ccc3O)c2)cc1O. The van der Waals surface area contributed by atoms with Gasteiger partial charge in [0.2, 0.25) is 0 Å². The number of anilines is 1. The van der Waals surface area contributed by atoms with E-state index in [4.69, 9.17) is 9.47 Å². The molecule has 0 spiro atoms. The fourth-order valence-electron chi connectivity index (χ4n) is 3.17. The molecule has 3 aromatic rings. The van der Waals surface area contributed by atoms with Gasteiger partial charge < -0.3 is 24.4 Å². The number of halogens is 1. The zero-order valence-electron chi connectivity index (χ0n) is 16.4. The van der Waals surface area contributed by atoms with Crippen molar-refractivity contribution in [1.82, 2.24) is 0 Å². The van der Waals surface area contributed by atoms with E-state index in [1.54, 1.807) is 24.3 Å². The maximum Gasteiger partial charge on any atom is 0.342 e. The van der Waals surface area contributed by atoms with Crippen LogP contribution in [0.15, 0.2) is 65.6 Å². The summed E-state index contributed by atoms with van der Waals surface area (Å²) in [5, 5.41) is 20.3. The molecule has 1 aliphatic rings. The van der Waals surface area contributed by atoms with Crippen LogP contribution in [0.1, 0.15) is 16.8 Å². The Labute approximate surface area is 182 Å². The zero-order valence-corrected chi connectivity index (χ0v) is 17.2. The summed E-state index contributed by atoms with van der Waals surface area (Å²) in [6, 6.07) is 15.6. The fourth-order valence-corrected chi connectivity index (χ4v) is 3.87. The van der Waals surface area contributed by atoms with Gasteiger partial charge in [-0.1, -0.05) is 12.1 Å². The molecular formula is C23H20FNO5S. The van der Waals surface area contributed by atoms with Crippen molar-refractivity contribution in [1.29, 1.82) is 0 Å². The first kappa shape index (κ1) is 21.0. The van der Waals surface area contributed by atoms with Crippen molar-refractivity contribution < 1.29 is 28.9 Å². The molecule has 1 heterocycles. The van der Waals surface area contributed by atoms with Crippen LogP contribution in [0.4, 0.5) is 10.1 Å². The topological polar surface area (TPSA) is 88.0 Å². The van der Waals surface area contributed by atoms with Crippen molar-refractivity contribution in [3.63, 3.8) is 0 Å². The van der Waals surface area contributed by atoms with Crippen LogP contribution >= 0.6 is 11.9 Å². The monoisotopic (exact) mass is 441 g/mol. The maximum absolute atomic E-state index is 13.6. The van der Waals surface area contributed by atoms with Crippen molar-refractivity contribution in [2.24, 2.45) is 0 Å². The quantitative estimate of drug-likeness (QED) is 0.368. The highest BCUT2D eigenvalue weighted by Crippen LogP contribution is 2.33. The average molecular weight is 441 g/mol. The van der Waals surface area contributed by atoms with Gasteiger partial charge in [-0.25, -0.2) is 9.18 Å². The van der Waals surface area contributed by atoms with E-state index in [0.29, 0.717) is 36.4 Å². The Kier molecular flexibility index (Phi) is 6.29. The molecular weight excluding hydrogens is 421 g/mol. The van der Waals surface area contributed by atoms with Gasteiger partial charge in [-0.2, -0.15) is 0 Å². The second kappa shape index (κ2) is 9.28. The van der Waals surface area contributed by atoms with Crippen molar-refractivity contribution >= 4 is 23.6 Å². The molecule has 1 atom stereocenters. The van der Waals surface area contributed by atoms with Crippen LogP contribution in [0, 0.1) is 5.82 Å². The number of rotatable bonds is 6. The van der Waals surface area contributed by atoms with Crippen molar-refractivity contribution in [3.8, 4) is 22.6 Å². The van der Waals surface area contributed by atoms with Crippen LogP contribution in [-0.4, -0.2) is 35.5 Å². The predicted molar refractivity (Wildman–Crippen MR) is 116 cm³/mol. The summed E-state index contributed by atoms with van der Waals surface area (Å²) in [7, 11) is 0. The molecule has 0 saturated carbocycles. The summed E-state index contributed by atoms with van der Waals surface area (Å²) >= 11 is 1.27. The molecule has 1 fully saturated rings. The lowest BCUT2D eigenvalue weighted by molar-refractivity contribution is 0.0267. The highest BCUT2D eigenvalue weighted by molar-refractivity contribution is 8.00. The van der Waals surface area contributed by atoms with Gasteiger partial charge in [0.05, 0.1) is 13.2 Å². The number of ether oxygens (including phenoxy) is 2. The summed E-state index contributed by atoms with van der Waals surface area (Å²) in [5.74, 6) is -1.21. The Bertz CT molecular complexity index is 1100. The molecule has 0 aliphatic carbocycles. The van der Waals surface area contributed by atoms with E-state index >= 15 is 0 Å². The minimum Gasteiger partial charge on any atom is -0.507 e. The third-order valence-electron chi connectivity index (χ3n) is 4.77. The Hall–Kier alpha value is -3.23. The first-order valence-electron chi connectivity index (χ1n) is 9.63. The van der Waals surface area contributed by atoms with Crippen LogP contribution in [0.2, 0.25) is 0 Å². The van der Waals surface area contributed by atoms with E-state index < -0.39 is 11.8 Å². The van der Waals surface area contributed by atoms with Gasteiger partial charge in [0.1, 0.15) is 29.0 Å². The third-order valence-corrected chi connectivity index (χ3v) is 5.60. The summed E-state index contributed by atoms with van der Waals surface area (Å²) in [6.07, 6.45) is 0.361. The second-order valence-electron chi connectivity index (χ2n) is 7.02. The van der Waals surface area contributed by atoms with Gasteiger partial charge >= 0.3 is 5.97 Å². The molecule has 4 rings (SSSR count). The molecule has 31 heavy (non-hydrogen) atoms. The molecule has 1 unspecified atom stereocenters. The number of nitrogens with one attached hydrogen (secondary N) is 1. The number of phenols is 2. The lowest BCUT2D eigenvalue weighted by atomic mass is 10.0. The summed E-state index contributed by atoms with van der Waals surface area (Å²) in [4.78, 5) is 13.0. The number of carbonyl (C=O) groups excluding carboxylic acids is 1. The third kappa shape index (κ3) is 5.10. The molecule has 1 saturated heterocycles. The zero-order chi connectivity index (χ0) is 21.8. The summed E-state index contributed by atoms with van der Waals surface area (Å²) < 4.78 is 27.2. The molecule has 6 nitrogen and oxygen atoms in total.